The molecule has 0 unspecified atom stereocenters. The van der Waals surface area contributed by atoms with Gasteiger partial charge in [0.05, 0.1) is 0 Å². The maximum absolute atomic E-state index is 12.3. The average molecular weight is 238 g/mol. The molecule has 2 rings (SSSR count). The lowest BCUT2D eigenvalue weighted by Crippen LogP contribution is -2.54. The van der Waals surface area contributed by atoms with Gasteiger partial charge in [0.15, 0.2) is 0 Å². The zero-order valence-electron chi connectivity index (χ0n) is 11.2. The van der Waals surface area contributed by atoms with Gasteiger partial charge in [0, 0.05) is 18.1 Å². The highest BCUT2D eigenvalue weighted by Gasteiger charge is 2.30. The van der Waals surface area contributed by atoms with Crippen molar-refractivity contribution in [1.29, 1.82) is 0 Å². The van der Waals surface area contributed by atoms with Crippen LogP contribution in [0.15, 0.2) is 0 Å². The number of hydrogen-bond donors (Lipinski definition) is 1. The van der Waals surface area contributed by atoms with E-state index in [0.717, 1.165) is 12.8 Å². The Hall–Kier alpha value is -0.730. The van der Waals surface area contributed by atoms with Gasteiger partial charge in [-0.3, -0.25) is 0 Å². The van der Waals surface area contributed by atoms with E-state index in [1.54, 1.807) is 0 Å². The van der Waals surface area contributed by atoms with E-state index < -0.39 is 0 Å². The van der Waals surface area contributed by atoms with Crippen LogP contribution in [0.2, 0.25) is 0 Å². The predicted octanol–water partition coefficient (Wildman–Crippen LogP) is 3.29. The topological polar surface area (TPSA) is 32.3 Å². The SMILES string of the molecule is C[C@H]1CCC[C@H](C)N1C(=O)NC1CCCCC1. The molecule has 98 valence electrons. The zero-order valence-corrected chi connectivity index (χ0v) is 11.2. The normalized spacial score (nSPS) is 31.3. The lowest BCUT2D eigenvalue weighted by Gasteiger charge is -2.40. The first-order valence-corrected chi connectivity index (χ1v) is 7.27. The largest absolute Gasteiger partial charge is 0.335 e. The number of likely N-dealkylation sites (tertiary alicyclic amines) is 1. The molecule has 0 aromatic carbocycles. The number of piperidine rings is 1. The maximum Gasteiger partial charge on any atom is 0.318 e. The molecule has 1 saturated heterocycles. The van der Waals surface area contributed by atoms with Crippen LogP contribution >= 0.6 is 0 Å². The third-order valence-electron chi connectivity index (χ3n) is 4.36. The second kappa shape index (κ2) is 5.74. The van der Waals surface area contributed by atoms with Gasteiger partial charge in [-0.25, -0.2) is 4.79 Å². The summed E-state index contributed by atoms with van der Waals surface area (Å²) in [7, 11) is 0. The first-order valence-electron chi connectivity index (χ1n) is 7.27. The van der Waals surface area contributed by atoms with E-state index >= 15 is 0 Å². The third-order valence-corrected chi connectivity index (χ3v) is 4.36. The van der Waals surface area contributed by atoms with E-state index in [9.17, 15) is 4.79 Å². The van der Waals surface area contributed by atoms with Crippen LogP contribution in [0.1, 0.15) is 65.2 Å². The van der Waals surface area contributed by atoms with Crippen molar-refractivity contribution in [2.45, 2.75) is 83.3 Å². The molecule has 0 radical (unpaired) electrons. The smallest absolute Gasteiger partial charge is 0.318 e. The molecule has 1 aliphatic carbocycles. The van der Waals surface area contributed by atoms with Gasteiger partial charge >= 0.3 is 6.03 Å². The second-order valence-electron chi connectivity index (χ2n) is 5.82. The highest BCUT2D eigenvalue weighted by Crippen LogP contribution is 2.23. The monoisotopic (exact) mass is 238 g/mol. The number of hydrogen-bond acceptors (Lipinski definition) is 1. The van der Waals surface area contributed by atoms with Gasteiger partial charge in [-0.15, -0.1) is 0 Å². The van der Waals surface area contributed by atoms with Crippen molar-refractivity contribution < 1.29 is 4.79 Å². The van der Waals surface area contributed by atoms with Crippen molar-refractivity contribution in [3.63, 3.8) is 0 Å². The molecule has 0 aromatic rings. The Balaban J connectivity index is 1.88. The molecule has 3 heteroatoms. The fourth-order valence-corrected chi connectivity index (χ4v) is 3.32. The molecule has 0 aromatic heterocycles. The van der Waals surface area contributed by atoms with E-state index in [-0.39, 0.29) is 6.03 Å². The van der Waals surface area contributed by atoms with Gasteiger partial charge in [0.1, 0.15) is 0 Å². The van der Waals surface area contributed by atoms with Crippen LogP contribution in [0.25, 0.3) is 0 Å². The van der Waals surface area contributed by atoms with Crippen molar-refractivity contribution in [2.75, 3.05) is 0 Å². The molecule has 0 spiro atoms. The highest BCUT2D eigenvalue weighted by molar-refractivity contribution is 5.75. The van der Waals surface area contributed by atoms with Crippen LogP contribution < -0.4 is 5.32 Å². The van der Waals surface area contributed by atoms with Crippen molar-refractivity contribution in [3.8, 4) is 0 Å². The van der Waals surface area contributed by atoms with E-state index in [0.29, 0.717) is 18.1 Å². The molecule has 1 heterocycles. The van der Waals surface area contributed by atoms with E-state index in [4.69, 9.17) is 0 Å². The molecular weight excluding hydrogens is 212 g/mol. The highest BCUT2D eigenvalue weighted by atomic mass is 16.2. The fraction of sp³-hybridized carbons (Fsp3) is 0.929. The quantitative estimate of drug-likeness (QED) is 0.747. The molecule has 2 fully saturated rings. The lowest BCUT2D eigenvalue weighted by atomic mass is 9.95. The molecule has 1 saturated carbocycles. The Bertz CT molecular complexity index is 251. The Morgan fingerprint density at radius 1 is 0.941 bits per heavy atom. The van der Waals surface area contributed by atoms with Crippen molar-refractivity contribution in [1.82, 2.24) is 10.2 Å². The van der Waals surface area contributed by atoms with Crippen molar-refractivity contribution >= 4 is 6.03 Å². The standard InChI is InChI=1S/C14H26N2O/c1-11-7-6-8-12(2)16(11)14(17)15-13-9-4-3-5-10-13/h11-13H,3-10H2,1-2H3,(H,15,17)/t11-,12-/m0/s1. The molecule has 1 N–H and O–H groups in total. The van der Waals surface area contributed by atoms with E-state index in [1.807, 2.05) is 0 Å². The summed E-state index contributed by atoms with van der Waals surface area (Å²) in [6, 6.07) is 1.42. The van der Waals surface area contributed by atoms with Gasteiger partial charge in [-0.05, 0) is 46.0 Å². The molecule has 3 nitrogen and oxygen atoms in total. The number of carbonyl (C=O) groups excluding carboxylic acids is 1. The lowest BCUT2D eigenvalue weighted by molar-refractivity contribution is 0.119. The average Bonchev–Trinajstić information content (AvgIpc) is 2.30. The summed E-state index contributed by atoms with van der Waals surface area (Å²) < 4.78 is 0. The van der Waals surface area contributed by atoms with Crippen LogP contribution in [-0.4, -0.2) is 29.1 Å². The second-order valence-corrected chi connectivity index (χ2v) is 5.82. The Morgan fingerprint density at radius 2 is 1.53 bits per heavy atom. The summed E-state index contributed by atoms with van der Waals surface area (Å²) in [5.41, 5.74) is 0. The Morgan fingerprint density at radius 3 is 2.12 bits per heavy atom. The van der Waals surface area contributed by atoms with Gasteiger partial charge in [0.25, 0.3) is 0 Å². The van der Waals surface area contributed by atoms with Crippen molar-refractivity contribution in [2.24, 2.45) is 0 Å². The number of rotatable bonds is 1. The first-order chi connectivity index (χ1) is 8.18. The maximum atomic E-state index is 12.3. The molecule has 2 amide bonds. The minimum absolute atomic E-state index is 0.177. The zero-order chi connectivity index (χ0) is 12.3. The summed E-state index contributed by atoms with van der Waals surface area (Å²) in [5, 5.41) is 3.24. The number of amides is 2. The summed E-state index contributed by atoms with van der Waals surface area (Å²) in [6.07, 6.45) is 9.79. The summed E-state index contributed by atoms with van der Waals surface area (Å²) in [6.45, 7) is 4.35. The fourth-order valence-electron chi connectivity index (χ4n) is 3.32. The molecule has 0 bridgehead atoms. The van der Waals surface area contributed by atoms with Crippen LogP contribution in [0, 0.1) is 0 Å². The van der Waals surface area contributed by atoms with Crippen LogP contribution in [0.4, 0.5) is 4.79 Å². The first kappa shape index (κ1) is 12.7. The Labute approximate surface area is 105 Å². The molecule has 2 aliphatic rings. The van der Waals surface area contributed by atoms with E-state index in [2.05, 4.69) is 24.1 Å². The van der Waals surface area contributed by atoms with Crippen LogP contribution in [-0.2, 0) is 0 Å². The molecule has 2 atom stereocenters. The Kier molecular flexibility index (Phi) is 4.30. The van der Waals surface area contributed by atoms with Crippen LogP contribution in [0.5, 0.6) is 0 Å². The van der Waals surface area contributed by atoms with Crippen molar-refractivity contribution in [3.05, 3.63) is 0 Å². The van der Waals surface area contributed by atoms with Gasteiger partial charge in [0.2, 0.25) is 0 Å². The van der Waals surface area contributed by atoms with Gasteiger partial charge in [-0.2, -0.15) is 0 Å². The number of carbonyl (C=O) groups is 1. The predicted molar refractivity (Wildman–Crippen MR) is 70.0 cm³/mol. The van der Waals surface area contributed by atoms with Crippen LogP contribution in [0.3, 0.4) is 0 Å². The number of nitrogens with one attached hydrogen (secondary N) is 1. The van der Waals surface area contributed by atoms with Gasteiger partial charge < -0.3 is 10.2 Å². The number of urea groups is 1. The molecule has 17 heavy (non-hydrogen) atoms. The summed E-state index contributed by atoms with van der Waals surface area (Å²) in [4.78, 5) is 14.4. The summed E-state index contributed by atoms with van der Waals surface area (Å²) >= 11 is 0. The summed E-state index contributed by atoms with van der Waals surface area (Å²) in [5.74, 6) is 0. The van der Waals surface area contributed by atoms with E-state index in [1.165, 1.54) is 38.5 Å². The minimum Gasteiger partial charge on any atom is -0.335 e. The molecule has 1 aliphatic heterocycles. The molecular formula is C14H26N2O. The van der Waals surface area contributed by atoms with Gasteiger partial charge in [-0.1, -0.05) is 19.3 Å². The third kappa shape index (κ3) is 3.14. The minimum atomic E-state index is 0.177. The number of nitrogens with zero attached hydrogens (tertiary/aromatic N) is 1.